The average Bonchev–Trinajstić information content (AvgIpc) is 2.95. The normalized spacial score (nSPS) is 37.7. The van der Waals surface area contributed by atoms with Gasteiger partial charge in [0.15, 0.2) is 5.78 Å². The maximum absolute atomic E-state index is 11.9. The Kier molecular flexibility index (Phi) is 5.35. The highest BCUT2D eigenvalue weighted by molar-refractivity contribution is 6.01. The molecule has 0 saturated heterocycles. The van der Waals surface area contributed by atoms with Gasteiger partial charge >= 0.3 is 11.9 Å². The molecule has 0 aliphatic heterocycles. The van der Waals surface area contributed by atoms with Gasteiger partial charge < -0.3 is 9.47 Å². The molecule has 4 aliphatic carbocycles. The van der Waals surface area contributed by atoms with Gasteiger partial charge in [0, 0.05) is 19.3 Å². The molecule has 0 amide bonds. The first kappa shape index (κ1) is 21.8. The van der Waals surface area contributed by atoms with Gasteiger partial charge in [-0.25, -0.2) is 0 Å². The van der Waals surface area contributed by atoms with Gasteiger partial charge in [-0.05, 0) is 73.5 Å². The number of hydrogen-bond donors (Lipinski definition) is 0. The maximum atomic E-state index is 11.9. The summed E-state index contributed by atoms with van der Waals surface area (Å²) in [5, 5.41) is 0. The number of ketones is 1. The second-order valence-corrected chi connectivity index (χ2v) is 9.99. The van der Waals surface area contributed by atoms with Gasteiger partial charge in [0.05, 0.1) is 0 Å². The predicted octanol–water partition coefficient (Wildman–Crippen LogP) is 4.84. The summed E-state index contributed by atoms with van der Waals surface area (Å²) >= 11 is 0. The van der Waals surface area contributed by atoms with Gasteiger partial charge in [0.25, 0.3) is 0 Å². The molecule has 5 heteroatoms. The molecule has 166 valence electrons. The number of ether oxygens (including phenoxy) is 2. The van der Waals surface area contributed by atoms with Crippen LogP contribution in [-0.2, 0) is 23.9 Å². The van der Waals surface area contributed by atoms with E-state index in [1.165, 1.54) is 25.0 Å². The van der Waals surface area contributed by atoms with E-state index in [1.807, 2.05) is 6.08 Å². The van der Waals surface area contributed by atoms with Crippen LogP contribution in [0.4, 0.5) is 0 Å². The third-order valence-electron chi connectivity index (χ3n) is 8.03. The number of hydrogen-bond acceptors (Lipinski definition) is 5. The topological polar surface area (TPSA) is 69.7 Å². The van der Waals surface area contributed by atoms with Gasteiger partial charge in [-0.2, -0.15) is 0 Å². The van der Waals surface area contributed by atoms with Gasteiger partial charge in [-0.3, -0.25) is 14.4 Å². The zero-order valence-corrected chi connectivity index (χ0v) is 19.1. The number of carbonyl (C=O) groups is 3. The Morgan fingerprint density at radius 3 is 2.61 bits per heavy atom. The van der Waals surface area contributed by atoms with Crippen LogP contribution < -0.4 is 0 Å². The molecule has 0 unspecified atom stereocenters. The van der Waals surface area contributed by atoms with E-state index in [0.717, 1.165) is 31.3 Å². The molecular weight excluding hydrogens is 392 g/mol. The van der Waals surface area contributed by atoms with Gasteiger partial charge in [-0.15, -0.1) is 0 Å². The average molecular weight is 425 g/mol. The Labute approximate surface area is 184 Å². The van der Waals surface area contributed by atoms with Crippen LogP contribution in [0.2, 0.25) is 0 Å². The standard InChI is InChI=1S/C26H32O5/c1-15-12-22-20-7-6-18-13-19(29)8-10-25(18,4)21(20)9-11-26(22,5)24(15)23(31-17(3)28)14-30-16(2)27/h8-10,13,15,20,22H,6-7,11-12,14H2,1-5H3/b24-23-/t15-,20-,22+,25+,26+/m1/s1. The Morgan fingerprint density at radius 2 is 1.94 bits per heavy atom. The van der Waals surface area contributed by atoms with Gasteiger partial charge in [0.1, 0.15) is 12.4 Å². The summed E-state index contributed by atoms with van der Waals surface area (Å²) in [5.41, 5.74) is 3.45. The number of carbonyl (C=O) groups excluding carboxylic acids is 3. The molecule has 2 fully saturated rings. The Morgan fingerprint density at radius 1 is 1.19 bits per heavy atom. The van der Waals surface area contributed by atoms with Crippen molar-refractivity contribution in [3.8, 4) is 0 Å². The molecule has 5 nitrogen and oxygen atoms in total. The minimum absolute atomic E-state index is 0.00636. The van der Waals surface area contributed by atoms with E-state index in [2.05, 4.69) is 32.9 Å². The fourth-order valence-electron chi connectivity index (χ4n) is 6.78. The summed E-state index contributed by atoms with van der Waals surface area (Å²) in [4.78, 5) is 35.2. The fourth-order valence-corrected chi connectivity index (χ4v) is 6.78. The Bertz CT molecular complexity index is 964. The quantitative estimate of drug-likeness (QED) is 0.368. The first-order chi connectivity index (χ1) is 14.6. The lowest BCUT2D eigenvalue weighted by Gasteiger charge is -2.51. The van der Waals surface area contributed by atoms with Crippen LogP contribution in [0.3, 0.4) is 0 Å². The summed E-state index contributed by atoms with van der Waals surface area (Å²) in [5.74, 6) is 0.891. The second kappa shape index (κ2) is 7.61. The number of esters is 2. The molecule has 4 aliphatic rings. The Balaban J connectivity index is 1.76. The van der Waals surface area contributed by atoms with Crippen molar-refractivity contribution in [3.05, 3.63) is 46.8 Å². The zero-order valence-electron chi connectivity index (χ0n) is 19.1. The highest BCUT2D eigenvalue weighted by Gasteiger charge is 2.56. The van der Waals surface area contributed by atoms with Crippen LogP contribution >= 0.6 is 0 Å². The van der Waals surface area contributed by atoms with Gasteiger partial charge in [-0.1, -0.05) is 37.1 Å². The minimum Gasteiger partial charge on any atom is -0.458 e. The molecular formula is C26H32O5. The van der Waals surface area contributed by atoms with Crippen molar-refractivity contribution in [1.29, 1.82) is 0 Å². The van der Waals surface area contributed by atoms with Crippen LogP contribution in [-0.4, -0.2) is 24.3 Å². The van der Waals surface area contributed by atoms with E-state index >= 15 is 0 Å². The van der Waals surface area contributed by atoms with E-state index in [-0.39, 0.29) is 35.1 Å². The van der Waals surface area contributed by atoms with E-state index in [0.29, 0.717) is 17.6 Å². The minimum atomic E-state index is -0.391. The molecule has 4 rings (SSSR count). The van der Waals surface area contributed by atoms with E-state index in [1.54, 1.807) is 6.08 Å². The summed E-state index contributed by atoms with van der Waals surface area (Å²) in [6.07, 6.45) is 11.8. The van der Waals surface area contributed by atoms with Crippen LogP contribution in [0.25, 0.3) is 0 Å². The lowest BCUT2D eigenvalue weighted by atomic mass is 9.53. The number of allylic oxidation sites excluding steroid dienone is 7. The molecule has 0 aromatic carbocycles. The molecule has 0 N–H and O–H groups in total. The fraction of sp³-hybridized carbons (Fsp3) is 0.577. The van der Waals surface area contributed by atoms with Gasteiger partial charge in [0.2, 0.25) is 0 Å². The van der Waals surface area contributed by atoms with Crippen molar-refractivity contribution >= 4 is 17.7 Å². The molecule has 0 radical (unpaired) electrons. The largest absolute Gasteiger partial charge is 0.458 e. The maximum Gasteiger partial charge on any atom is 0.307 e. The zero-order chi connectivity index (χ0) is 22.6. The van der Waals surface area contributed by atoms with Crippen molar-refractivity contribution in [1.82, 2.24) is 0 Å². The molecule has 5 atom stereocenters. The molecule has 0 aromatic rings. The van der Waals surface area contributed by atoms with Crippen molar-refractivity contribution in [2.24, 2.45) is 28.6 Å². The van der Waals surface area contributed by atoms with E-state index in [4.69, 9.17) is 9.47 Å². The summed E-state index contributed by atoms with van der Waals surface area (Å²) in [6.45, 7) is 9.44. The van der Waals surface area contributed by atoms with E-state index < -0.39 is 5.97 Å². The molecule has 0 spiro atoms. The van der Waals surface area contributed by atoms with Crippen molar-refractivity contribution in [2.75, 3.05) is 6.61 Å². The monoisotopic (exact) mass is 424 g/mol. The van der Waals surface area contributed by atoms with Crippen LogP contribution in [0, 0.1) is 28.6 Å². The molecule has 31 heavy (non-hydrogen) atoms. The highest BCUT2D eigenvalue weighted by atomic mass is 16.6. The predicted molar refractivity (Wildman–Crippen MR) is 117 cm³/mol. The summed E-state index contributed by atoms with van der Waals surface area (Å²) in [7, 11) is 0. The van der Waals surface area contributed by atoms with Crippen molar-refractivity contribution < 1.29 is 23.9 Å². The summed E-state index contributed by atoms with van der Waals surface area (Å²) in [6, 6.07) is 0. The molecule has 0 aromatic heterocycles. The third kappa shape index (κ3) is 3.52. The van der Waals surface area contributed by atoms with Crippen LogP contribution in [0.1, 0.15) is 60.3 Å². The third-order valence-corrected chi connectivity index (χ3v) is 8.03. The first-order valence-corrected chi connectivity index (χ1v) is 11.3. The van der Waals surface area contributed by atoms with E-state index in [9.17, 15) is 14.4 Å². The number of fused-ring (bicyclic) bond motifs is 5. The second-order valence-electron chi connectivity index (χ2n) is 9.99. The number of rotatable bonds is 3. The lowest BCUT2D eigenvalue weighted by molar-refractivity contribution is -0.145. The van der Waals surface area contributed by atoms with Crippen LogP contribution in [0.5, 0.6) is 0 Å². The molecule has 2 saturated carbocycles. The molecule has 0 heterocycles. The first-order valence-electron chi connectivity index (χ1n) is 11.3. The SMILES string of the molecule is CC(=O)OC/C(OC(C)=O)=C1\[C@H](C)C[C@H]2[C@@H]3CCC4=CC(=O)C=C[C@]4(C)C3=CC[C@]12C. The van der Waals surface area contributed by atoms with Crippen molar-refractivity contribution in [2.45, 2.75) is 60.3 Å². The Hall–Kier alpha value is -2.43. The summed E-state index contributed by atoms with van der Waals surface area (Å²) < 4.78 is 10.9. The lowest BCUT2D eigenvalue weighted by Crippen LogP contribution is -2.42. The smallest absolute Gasteiger partial charge is 0.307 e. The highest BCUT2D eigenvalue weighted by Crippen LogP contribution is 2.65. The van der Waals surface area contributed by atoms with Crippen LogP contribution in [0.15, 0.2) is 46.8 Å². The molecule has 0 bridgehead atoms. The van der Waals surface area contributed by atoms with Crippen molar-refractivity contribution in [3.63, 3.8) is 0 Å².